The van der Waals surface area contributed by atoms with Gasteiger partial charge in [-0.15, -0.1) is 0 Å². The van der Waals surface area contributed by atoms with Crippen molar-refractivity contribution in [2.24, 2.45) is 11.8 Å². The normalized spacial score (nSPS) is 27.8. The van der Waals surface area contributed by atoms with Crippen molar-refractivity contribution in [3.63, 3.8) is 0 Å². The minimum absolute atomic E-state index is 0.237. The van der Waals surface area contributed by atoms with E-state index in [1.165, 1.54) is 16.5 Å². The zero-order valence-electron chi connectivity index (χ0n) is 16.2. The Morgan fingerprint density at radius 1 is 1.18 bits per heavy atom. The fourth-order valence-corrected chi connectivity index (χ4v) is 5.08. The minimum atomic E-state index is 0.237. The van der Waals surface area contributed by atoms with Gasteiger partial charge in [0.1, 0.15) is 5.82 Å². The number of methoxy groups -OCH3 is 1. The van der Waals surface area contributed by atoms with Crippen molar-refractivity contribution >= 4 is 16.7 Å². The molecule has 0 radical (unpaired) electrons. The van der Waals surface area contributed by atoms with Gasteiger partial charge in [0.2, 0.25) is 0 Å². The summed E-state index contributed by atoms with van der Waals surface area (Å²) in [4.78, 5) is 14.7. The zero-order chi connectivity index (χ0) is 18.9. The lowest BCUT2D eigenvalue weighted by Gasteiger charge is -2.37. The van der Waals surface area contributed by atoms with E-state index in [1.807, 2.05) is 50.0 Å². The van der Waals surface area contributed by atoms with E-state index in [4.69, 9.17) is 4.74 Å². The minimum Gasteiger partial charge on any atom is -0.379 e. The van der Waals surface area contributed by atoms with Crippen LogP contribution in [0, 0.1) is 11.8 Å². The number of anilines is 1. The number of nitrogens with zero attached hydrogens (tertiary/aromatic N) is 3. The van der Waals surface area contributed by atoms with Gasteiger partial charge < -0.3 is 15.0 Å². The van der Waals surface area contributed by atoms with E-state index in [2.05, 4.69) is 31.4 Å². The topological polar surface area (TPSA) is 66.1 Å². The highest BCUT2D eigenvalue weighted by Gasteiger charge is 2.42. The first-order valence-electron chi connectivity index (χ1n) is 10.1. The molecule has 1 aliphatic carbocycles. The molecule has 3 aromatic heterocycles. The lowest BCUT2D eigenvalue weighted by Crippen LogP contribution is -2.44. The van der Waals surface area contributed by atoms with Gasteiger partial charge in [-0.1, -0.05) is 6.07 Å². The van der Waals surface area contributed by atoms with Crippen LogP contribution in [0.5, 0.6) is 0 Å². The van der Waals surface area contributed by atoms with Crippen LogP contribution in [0.15, 0.2) is 49.1 Å². The molecular weight excluding hydrogens is 350 g/mol. The zero-order valence-corrected chi connectivity index (χ0v) is 16.2. The summed E-state index contributed by atoms with van der Waals surface area (Å²) in [5.41, 5.74) is 2.51. The lowest BCUT2D eigenvalue weighted by molar-refractivity contribution is 0.0304. The monoisotopic (exact) mass is 377 g/mol. The SMILES string of the molecule is CO[C@@H]1C[C@H]2CN(Cc3c[nH]c4ccncc34)C[C@H]2C[C@H]1Nc1ccccn1. The molecule has 4 atom stereocenters. The van der Waals surface area contributed by atoms with Gasteiger partial charge in [-0.25, -0.2) is 4.98 Å². The molecule has 1 saturated carbocycles. The van der Waals surface area contributed by atoms with Gasteiger partial charge in [-0.2, -0.15) is 0 Å². The van der Waals surface area contributed by atoms with Crippen LogP contribution < -0.4 is 5.32 Å². The maximum atomic E-state index is 5.86. The summed E-state index contributed by atoms with van der Waals surface area (Å²) in [5, 5.41) is 4.85. The van der Waals surface area contributed by atoms with Crippen LogP contribution in [0.3, 0.4) is 0 Å². The Balaban J connectivity index is 1.27. The number of ether oxygens (including phenoxy) is 1. The molecule has 0 spiro atoms. The molecule has 6 nitrogen and oxygen atoms in total. The standard InChI is InChI=1S/C22H27N5O/c1-28-21-9-16-13-27(14-17-10-25-19-5-7-23-11-18(17)19)12-15(16)8-20(21)26-22-4-2-3-6-24-22/h2-7,10-11,15-16,20-21,25H,8-9,12-14H2,1H3,(H,24,26)/t15-,16+,20-,21-/m1/s1. The van der Waals surface area contributed by atoms with E-state index in [9.17, 15) is 0 Å². The van der Waals surface area contributed by atoms with Crippen LogP contribution in [0.4, 0.5) is 5.82 Å². The quantitative estimate of drug-likeness (QED) is 0.714. The molecule has 146 valence electrons. The Hall–Kier alpha value is -2.44. The van der Waals surface area contributed by atoms with Crippen LogP contribution >= 0.6 is 0 Å². The molecule has 1 saturated heterocycles. The Bertz CT molecular complexity index is 927. The molecule has 5 rings (SSSR count). The average molecular weight is 377 g/mol. The van der Waals surface area contributed by atoms with E-state index >= 15 is 0 Å². The first-order valence-corrected chi connectivity index (χ1v) is 10.1. The van der Waals surface area contributed by atoms with E-state index in [0.29, 0.717) is 17.9 Å². The fourth-order valence-electron chi connectivity index (χ4n) is 5.08. The highest BCUT2D eigenvalue weighted by Crippen LogP contribution is 2.39. The number of H-pyrrole nitrogens is 1. The number of aromatic nitrogens is 3. The summed E-state index contributed by atoms with van der Waals surface area (Å²) in [6.45, 7) is 3.27. The van der Waals surface area contributed by atoms with Gasteiger partial charge in [-0.05, 0) is 48.4 Å². The number of rotatable bonds is 5. The second-order valence-corrected chi connectivity index (χ2v) is 8.16. The smallest absolute Gasteiger partial charge is 0.126 e. The molecular formula is C22H27N5O. The molecule has 2 aliphatic rings. The van der Waals surface area contributed by atoms with Crippen molar-refractivity contribution in [1.29, 1.82) is 0 Å². The van der Waals surface area contributed by atoms with Gasteiger partial charge in [0.05, 0.1) is 12.1 Å². The number of aromatic amines is 1. The highest BCUT2D eigenvalue weighted by molar-refractivity contribution is 5.81. The van der Waals surface area contributed by atoms with Crippen molar-refractivity contribution < 1.29 is 4.74 Å². The number of likely N-dealkylation sites (tertiary alicyclic amines) is 1. The molecule has 0 unspecified atom stereocenters. The predicted octanol–water partition coefficient (Wildman–Crippen LogP) is 3.30. The van der Waals surface area contributed by atoms with Gasteiger partial charge in [0.25, 0.3) is 0 Å². The average Bonchev–Trinajstić information content (AvgIpc) is 3.32. The van der Waals surface area contributed by atoms with E-state index in [1.54, 1.807) is 0 Å². The first-order chi connectivity index (χ1) is 13.8. The third-order valence-corrected chi connectivity index (χ3v) is 6.46. The van der Waals surface area contributed by atoms with Crippen molar-refractivity contribution in [1.82, 2.24) is 19.9 Å². The summed E-state index contributed by atoms with van der Waals surface area (Å²) >= 11 is 0. The largest absolute Gasteiger partial charge is 0.379 e. The molecule has 0 bridgehead atoms. The maximum Gasteiger partial charge on any atom is 0.126 e. The summed E-state index contributed by atoms with van der Waals surface area (Å²) in [5.74, 6) is 2.35. The van der Waals surface area contributed by atoms with Crippen molar-refractivity contribution in [2.45, 2.75) is 31.5 Å². The molecule has 28 heavy (non-hydrogen) atoms. The Morgan fingerprint density at radius 3 is 2.89 bits per heavy atom. The summed E-state index contributed by atoms with van der Waals surface area (Å²) < 4.78 is 5.86. The predicted molar refractivity (Wildman–Crippen MR) is 110 cm³/mol. The summed E-state index contributed by atoms with van der Waals surface area (Å²) in [6, 6.07) is 8.37. The lowest BCUT2D eigenvalue weighted by atomic mass is 9.77. The molecule has 0 aromatic carbocycles. The number of nitrogens with one attached hydrogen (secondary N) is 2. The first kappa shape index (κ1) is 17.6. The Labute approximate surface area is 165 Å². The van der Waals surface area contributed by atoms with E-state index < -0.39 is 0 Å². The molecule has 3 aromatic rings. The van der Waals surface area contributed by atoms with Crippen molar-refractivity contribution in [3.8, 4) is 0 Å². The maximum absolute atomic E-state index is 5.86. The fraction of sp³-hybridized carbons (Fsp3) is 0.455. The van der Waals surface area contributed by atoms with Crippen LogP contribution in [0.25, 0.3) is 10.9 Å². The number of pyridine rings is 2. The molecule has 2 N–H and O–H groups in total. The van der Waals surface area contributed by atoms with Gasteiger partial charge in [0, 0.05) is 62.4 Å². The third kappa shape index (κ3) is 3.38. The van der Waals surface area contributed by atoms with Crippen LogP contribution in [0.1, 0.15) is 18.4 Å². The molecule has 6 heteroatoms. The Kier molecular flexibility index (Phi) is 4.74. The summed E-state index contributed by atoms with van der Waals surface area (Å²) in [7, 11) is 1.84. The molecule has 0 amide bonds. The van der Waals surface area contributed by atoms with Crippen LogP contribution in [-0.4, -0.2) is 52.2 Å². The summed E-state index contributed by atoms with van der Waals surface area (Å²) in [6.07, 6.45) is 10.3. The van der Waals surface area contributed by atoms with Gasteiger partial charge >= 0.3 is 0 Å². The van der Waals surface area contributed by atoms with Gasteiger partial charge in [0.15, 0.2) is 0 Å². The molecule has 4 heterocycles. The number of hydrogen-bond donors (Lipinski definition) is 2. The second-order valence-electron chi connectivity index (χ2n) is 8.16. The second kappa shape index (κ2) is 7.53. The molecule has 2 fully saturated rings. The third-order valence-electron chi connectivity index (χ3n) is 6.46. The van der Waals surface area contributed by atoms with Crippen LogP contribution in [-0.2, 0) is 11.3 Å². The van der Waals surface area contributed by atoms with Gasteiger partial charge in [-0.3, -0.25) is 9.88 Å². The highest BCUT2D eigenvalue weighted by atomic mass is 16.5. The Morgan fingerprint density at radius 2 is 2.07 bits per heavy atom. The van der Waals surface area contributed by atoms with Crippen LogP contribution in [0.2, 0.25) is 0 Å². The number of fused-ring (bicyclic) bond motifs is 2. The van der Waals surface area contributed by atoms with E-state index in [0.717, 1.165) is 38.3 Å². The van der Waals surface area contributed by atoms with Crippen molar-refractivity contribution in [2.75, 3.05) is 25.5 Å². The van der Waals surface area contributed by atoms with E-state index in [-0.39, 0.29) is 6.10 Å². The van der Waals surface area contributed by atoms with Crippen molar-refractivity contribution in [3.05, 3.63) is 54.6 Å². The molecule has 1 aliphatic heterocycles. The number of hydrogen-bond acceptors (Lipinski definition) is 5.